The second kappa shape index (κ2) is 5.70. The first-order valence-electron chi connectivity index (χ1n) is 7.92. The zero-order valence-electron chi connectivity index (χ0n) is 13.0. The van der Waals surface area contributed by atoms with Gasteiger partial charge in [-0.25, -0.2) is 0 Å². The smallest absolute Gasteiger partial charge is 0.309 e. The molecule has 0 spiro atoms. The summed E-state index contributed by atoms with van der Waals surface area (Å²) in [5, 5.41) is 17.9. The van der Waals surface area contributed by atoms with Crippen LogP contribution in [0, 0.1) is 34.8 Å². The molecule has 2 aliphatic carbocycles. The largest absolute Gasteiger partial charge is 0.352 e. The van der Waals surface area contributed by atoms with Crippen LogP contribution >= 0.6 is 0 Å². The summed E-state index contributed by atoms with van der Waals surface area (Å²) in [4.78, 5) is 22.5. The maximum absolute atomic E-state index is 12.1. The van der Waals surface area contributed by atoms with E-state index in [1.54, 1.807) is 6.92 Å². The lowest BCUT2D eigenvalue weighted by Crippen LogP contribution is -2.41. The number of rotatable bonds is 5. The predicted octanol–water partition coefficient (Wildman–Crippen LogP) is 2.04. The van der Waals surface area contributed by atoms with Gasteiger partial charge in [0.25, 0.3) is 0 Å². The first kappa shape index (κ1) is 15.0. The molecule has 1 amide bonds. The maximum atomic E-state index is 12.1. The van der Waals surface area contributed by atoms with E-state index in [1.807, 2.05) is 0 Å². The molecule has 0 aliphatic heterocycles. The Balaban J connectivity index is 1.56. The van der Waals surface area contributed by atoms with Crippen LogP contribution in [-0.4, -0.2) is 26.7 Å². The zero-order chi connectivity index (χ0) is 15.9. The second-order valence-electron chi connectivity index (χ2n) is 6.75. The van der Waals surface area contributed by atoms with Crippen molar-refractivity contribution >= 4 is 11.6 Å². The SMILES string of the molecule is Cc1nn(CC(=O)N[C@@H](C)[C@@H]2C[C@H]3CC[C@H]2C3)cc1[N+](=O)[O-]. The Morgan fingerprint density at radius 2 is 2.32 bits per heavy atom. The van der Waals surface area contributed by atoms with Gasteiger partial charge in [-0.3, -0.25) is 19.6 Å². The van der Waals surface area contributed by atoms with E-state index in [9.17, 15) is 14.9 Å². The lowest BCUT2D eigenvalue weighted by molar-refractivity contribution is -0.385. The lowest BCUT2D eigenvalue weighted by Gasteiger charge is -2.28. The van der Waals surface area contributed by atoms with Crippen molar-refractivity contribution in [1.29, 1.82) is 0 Å². The molecule has 22 heavy (non-hydrogen) atoms. The fourth-order valence-corrected chi connectivity index (χ4v) is 4.23. The number of hydrogen-bond acceptors (Lipinski definition) is 4. The van der Waals surface area contributed by atoms with Crippen LogP contribution in [0.2, 0.25) is 0 Å². The average Bonchev–Trinajstić information content (AvgIpc) is 3.13. The standard InChI is InChI=1S/C15H22N4O3/c1-9(13-6-11-3-4-12(13)5-11)16-15(20)8-18-7-14(19(21)22)10(2)17-18/h7,9,11-13H,3-6,8H2,1-2H3,(H,16,20)/t9-,11-,12-,13-/m0/s1. The number of nitrogens with zero attached hydrogens (tertiary/aromatic N) is 3. The first-order valence-corrected chi connectivity index (χ1v) is 7.92. The highest BCUT2D eigenvalue weighted by atomic mass is 16.6. The van der Waals surface area contributed by atoms with Crippen molar-refractivity contribution in [3.05, 3.63) is 22.0 Å². The molecule has 0 unspecified atom stereocenters. The summed E-state index contributed by atoms with van der Waals surface area (Å²) in [5.41, 5.74) is 0.285. The van der Waals surface area contributed by atoms with Crippen LogP contribution in [0.3, 0.4) is 0 Å². The van der Waals surface area contributed by atoms with Gasteiger partial charge in [0.1, 0.15) is 18.4 Å². The zero-order valence-corrected chi connectivity index (χ0v) is 13.0. The van der Waals surface area contributed by atoms with Gasteiger partial charge in [0.15, 0.2) is 0 Å². The highest BCUT2D eigenvalue weighted by Crippen LogP contribution is 2.49. The molecule has 7 heteroatoms. The molecule has 7 nitrogen and oxygen atoms in total. The van der Waals surface area contributed by atoms with Crippen molar-refractivity contribution in [3.63, 3.8) is 0 Å². The Hall–Kier alpha value is -1.92. The van der Waals surface area contributed by atoms with Crippen LogP contribution in [0.4, 0.5) is 5.69 Å². The van der Waals surface area contributed by atoms with Gasteiger partial charge >= 0.3 is 5.69 Å². The number of aromatic nitrogens is 2. The van der Waals surface area contributed by atoms with Gasteiger partial charge < -0.3 is 5.32 Å². The number of hydrogen-bond donors (Lipinski definition) is 1. The Labute approximate surface area is 129 Å². The third-order valence-electron chi connectivity index (χ3n) is 5.25. The molecule has 2 bridgehead atoms. The van der Waals surface area contributed by atoms with Crippen molar-refractivity contribution in [1.82, 2.24) is 15.1 Å². The number of aryl methyl sites for hydroxylation is 1. The van der Waals surface area contributed by atoms with E-state index in [1.165, 1.54) is 36.6 Å². The highest BCUT2D eigenvalue weighted by molar-refractivity contribution is 5.76. The highest BCUT2D eigenvalue weighted by Gasteiger charge is 2.42. The Kier molecular flexibility index (Phi) is 3.88. The maximum Gasteiger partial charge on any atom is 0.309 e. The normalized spacial score (nSPS) is 27.8. The fourth-order valence-electron chi connectivity index (χ4n) is 4.23. The molecule has 1 heterocycles. The Morgan fingerprint density at radius 3 is 2.86 bits per heavy atom. The molecule has 2 fully saturated rings. The molecule has 3 rings (SSSR count). The summed E-state index contributed by atoms with van der Waals surface area (Å²) in [6.07, 6.45) is 6.49. The Morgan fingerprint density at radius 1 is 1.55 bits per heavy atom. The van der Waals surface area contributed by atoms with Gasteiger partial charge in [-0.2, -0.15) is 5.10 Å². The number of nitro groups is 1. The quantitative estimate of drug-likeness (QED) is 0.666. The van der Waals surface area contributed by atoms with Gasteiger partial charge in [-0.1, -0.05) is 6.42 Å². The first-order chi connectivity index (χ1) is 10.4. The monoisotopic (exact) mass is 306 g/mol. The molecule has 2 saturated carbocycles. The average molecular weight is 306 g/mol. The number of amides is 1. The van der Waals surface area contributed by atoms with Crippen LogP contribution < -0.4 is 5.32 Å². The van der Waals surface area contributed by atoms with E-state index in [4.69, 9.17) is 0 Å². The molecule has 1 N–H and O–H groups in total. The third kappa shape index (κ3) is 2.84. The molecule has 1 aromatic rings. The molecular formula is C15H22N4O3. The summed E-state index contributed by atoms with van der Waals surface area (Å²) in [7, 11) is 0. The molecule has 1 aromatic heterocycles. The summed E-state index contributed by atoms with van der Waals surface area (Å²) < 4.78 is 1.34. The van der Waals surface area contributed by atoms with E-state index in [0.29, 0.717) is 11.6 Å². The molecule has 0 radical (unpaired) electrons. The summed E-state index contributed by atoms with van der Waals surface area (Å²) >= 11 is 0. The van der Waals surface area contributed by atoms with E-state index in [-0.39, 0.29) is 24.2 Å². The van der Waals surface area contributed by atoms with Gasteiger partial charge in [-0.05, 0) is 50.9 Å². The van der Waals surface area contributed by atoms with Crippen molar-refractivity contribution in [2.24, 2.45) is 17.8 Å². The van der Waals surface area contributed by atoms with Gasteiger partial charge in [0.05, 0.1) is 4.92 Å². The van der Waals surface area contributed by atoms with E-state index in [0.717, 1.165) is 11.8 Å². The molecule has 0 saturated heterocycles. The van der Waals surface area contributed by atoms with Gasteiger partial charge in [0, 0.05) is 6.04 Å². The lowest BCUT2D eigenvalue weighted by atomic mass is 9.84. The van der Waals surface area contributed by atoms with Crippen LogP contribution in [0.25, 0.3) is 0 Å². The summed E-state index contributed by atoms with van der Waals surface area (Å²) in [6.45, 7) is 3.67. The van der Waals surface area contributed by atoms with Crippen LogP contribution in [0.15, 0.2) is 6.20 Å². The van der Waals surface area contributed by atoms with E-state index in [2.05, 4.69) is 17.3 Å². The van der Waals surface area contributed by atoms with Gasteiger partial charge in [0.2, 0.25) is 5.91 Å². The topological polar surface area (TPSA) is 90.1 Å². The van der Waals surface area contributed by atoms with Crippen molar-refractivity contribution < 1.29 is 9.72 Å². The van der Waals surface area contributed by atoms with E-state index >= 15 is 0 Å². The number of nitrogens with one attached hydrogen (secondary N) is 1. The second-order valence-corrected chi connectivity index (χ2v) is 6.75. The number of fused-ring (bicyclic) bond motifs is 2. The molecule has 0 aromatic carbocycles. The Bertz CT molecular complexity index is 598. The van der Waals surface area contributed by atoms with Crippen LogP contribution in [0.1, 0.15) is 38.3 Å². The third-order valence-corrected chi connectivity index (χ3v) is 5.25. The minimum absolute atomic E-state index is 0.0276. The molecule has 4 atom stereocenters. The van der Waals surface area contributed by atoms with Crippen molar-refractivity contribution in [2.75, 3.05) is 0 Å². The number of carbonyl (C=O) groups excluding carboxylic acids is 1. The van der Waals surface area contributed by atoms with Crippen molar-refractivity contribution in [3.8, 4) is 0 Å². The molecular weight excluding hydrogens is 284 g/mol. The summed E-state index contributed by atoms with van der Waals surface area (Å²) in [5.74, 6) is 2.06. The minimum Gasteiger partial charge on any atom is -0.352 e. The van der Waals surface area contributed by atoms with Crippen LogP contribution in [-0.2, 0) is 11.3 Å². The van der Waals surface area contributed by atoms with E-state index < -0.39 is 4.92 Å². The molecule has 2 aliphatic rings. The van der Waals surface area contributed by atoms with Gasteiger partial charge in [-0.15, -0.1) is 0 Å². The molecule has 120 valence electrons. The minimum atomic E-state index is -0.478. The number of carbonyl (C=O) groups is 1. The van der Waals surface area contributed by atoms with Crippen LogP contribution in [0.5, 0.6) is 0 Å². The summed E-state index contributed by atoms with van der Waals surface area (Å²) in [6, 6.07) is 0.162. The fraction of sp³-hybridized carbons (Fsp3) is 0.733. The van der Waals surface area contributed by atoms with Crippen molar-refractivity contribution in [2.45, 2.75) is 52.1 Å². The predicted molar refractivity (Wildman–Crippen MR) is 80.2 cm³/mol.